The van der Waals surface area contributed by atoms with Crippen molar-refractivity contribution < 1.29 is 19.1 Å². The van der Waals surface area contributed by atoms with E-state index < -0.39 is 5.97 Å². The molecule has 34 heavy (non-hydrogen) atoms. The third-order valence-corrected chi connectivity index (χ3v) is 6.17. The molecular weight excluding hydrogens is 452 g/mol. The highest BCUT2D eigenvalue weighted by molar-refractivity contribution is 7.07. The minimum atomic E-state index is -0.538. The van der Waals surface area contributed by atoms with E-state index in [1.165, 1.54) is 19.6 Å². The zero-order chi connectivity index (χ0) is 24.1. The van der Waals surface area contributed by atoms with E-state index in [-0.39, 0.29) is 11.6 Å². The number of hydrogen-bond donors (Lipinski definition) is 2. The Morgan fingerprint density at radius 1 is 1.12 bits per heavy atom. The van der Waals surface area contributed by atoms with Crippen LogP contribution >= 0.6 is 11.3 Å². The van der Waals surface area contributed by atoms with Crippen molar-refractivity contribution in [3.05, 3.63) is 70.2 Å². The molecule has 176 valence electrons. The van der Waals surface area contributed by atoms with Crippen LogP contribution in [-0.4, -0.2) is 35.6 Å². The fourth-order valence-corrected chi connectivity index (χ4v) is 4.45. The van der Waals surface area contributed by atoms with Gasteiger partial charge in [0.05, 0.1) is 31.8 Å². The van der Waals surface area contributed by atoms with Gasteiger partial charge in [0.2, 0.25) is 5.91 Å². The molecule has 0 fully saturated rings. The van der Waals surface area contributed by atoms with E-state index in [1.807, 2.05) is 35.7 Å². The number of carbonyl (C=O) groups is 2. The summed E-state index contributed by atoms with van der Waals surface area (Å²) in [6.07, 6.45) is 2.38. The number of amides is 1. The van der Waals surface area contributed by atoms with Gasteiger partial charge in [-0.2, -0.15) is 11.3 Å². The molecule has 0 spiro atoms. The summed E-state index contributed by atoms with van der Waals surface area (Å²) in [5, 5.41) is 10.9. The number of methoxy groups -OCH3 is 2. The number of aromatic nitrogens is 2. The molecule has 8 nitrogen and oxygen atoms in total. The molecule has 4 aromatic rings. The van der Waals surface area contributed by atoms with Crippen LogP contribution in [0.4, 0.5) is 11.4 Å². The third-order valence-electron chi connectivity index (χ3n) is 5.44. The second kappa shape index (κ2) is 10.4. The molecular formula is C25H26N4O4S. The van der Waals surface area contributed by atoms with Gasteiger partial charge < -0.3 is 24.7 Å². The van der Waals surface area contributed by atoms with E-state index in [0.717, 1.165) is 17.0 Å². The van der Waals surface area contributed by atoms with Crippen molar-refractivity contribution in [2.24, 2.45) is 0 Å². The predicted molar refractivity (Wildman–Crippen MR) is 134 cm³/mol. The lowest BCUT2D eigenvalue weighted by Crippen LogP contribution is -2.16. The quantitative estimate of drug-likeness (QED) is 0.339. The topological polar surface area (TPSA) is 94.5 Å². The van der Waals surface area contributed by atoms with Crippen LogP contribution in [0.1, 0.15) is 28.5 Å². The minimum Gasteiger partial charge on any atom is -0.497 e. The van der Waals surface area contributed by atoms with Gasteiger partial charge in [-0.1, -0.05) is 12.1 Å². The van der Waals surface area contributed by atoms with Crippen LogP contribution in [0.25, 0.3) is 11.0 Å². The zero-order valence-corrected chi connectivity index (χ0v) is 20.1. The number of fused-ring (bicyclic) bond motifs is 1. The van der Waals surface area contributed by atoms with Gasteiger partial charge in [-0.05, 0) is 52.6 Å². The zero-order valence-electron chi connectivity index (χ0n) is 19.3. The Bertz CT molecular complexity index is 1300. The summed E-state index contributed by atoms with van der Waals surface area (Å²) in [6, 6.07) is 11.7. The Morgan fingerprint density at radius 3 is 2.56 bits per heavy atom. The maximum atomic E-state index is 12.8. The number of hydrogen-bond acceptors (Lipinski definition) is 7. The molecule has 0 aliphatic rings. The minimum absolute atomic E-state index is 0.267. The van der Waals surface area contributed by atoms with Gasteiger partial charge in [-0.25, -0.2) is 9.78 Å². The number of esters is 1. The van der Waals surface area contributed by atoms with E-state index >= 15 is 0 Å². The normalized spacial score (nSPS) is 10.8. The average molecular weight is 479 g/mol. The van der Waals surface area contributed by atoms with Gasteiger partial charge in [0.15, 0.2) is 5.69 Å². The van der Waals surface area contributed by atoms with Gasteiger partial charge in [0.1, 0.15) is 11.4 Å². The van der Waals surface area contributed by atoms with E-state index in [2.05, 4.69) is 27.1 Å². The van der Waals surface area contributed by atoms with Crippen LogP contribution in [-0.2, 0) is 29.0 Å². The molecule has 1 amide bonds. The Balaban J connectivity index is 1.73. The number of nitrogens with zero attached hydrogens (tertiary/aromatic N) is 2. The summed E-state index contributed by atoms with van der Waals surface area (Å²) in [4.78, 5) is 29.5. The molecule has 0 saturated carbocycles. The Labute approximate surface area is 201 Å². The molecule has 0 atom stereocenters. The number of rotatable bonds is 9. The lowest BCUT2D eigenvalue weighted by molar-refractivity contribution is -0.114. The van der Waals surface area contributed by atoms with Crippen molar-refractivity contribution in [1.29, 1.82) is 0 Å². The molecule has 0 bridgehead atoms. The maximum Gasteiger partial charge on any atom is 0.356 e. The number of nitrogens with one attached hydrogen (secondary N) is 2. The average Bonchev–Trinajstić information content (AvgIpc) is 3.47. The summed E-state index contributed by atoms with van der Waals surface area (Å²) in [6.45, 7) is 2.53. The number of thiophene rings is 1. The molecule has 4 rings (SSSR count). The largest absolute Gasteiger partial charge is 0.497 e. The Kier molecular flexibility index (Phi) is 7.12. The van der Waals surface area contributed by atoms with Gasteiger partial charge in [0.25, 0.3) is 0 Å². The smallest absolute Gasteiger partial charge is 0.356 e. The molecule has 2 N–H and O–H groups in total. The summed E-state index contributed by atoms with van der Waals surface area (Å²) in [5.41, 5.74) is 4.29. The highest BCUT2D eigenvalue weighted by Crippen LogP contribution is 2.33. The van der Waals surface area contributed by atoms with Crippen molar-refractivity contribution in [2.45, 2.75) is 26.4 Å². The molecule has 3 aromatic heterocycles. The number of anilines is 2. The number of aryl methyl sites for hydroxylation is 2. The fourth-order valence-electron chi connectivity index (χ4n) is 3.78. The predicted octanol–water partition coefficient (Wildman–Crippen LogP) is 4.71. The number of benzene rings is 1. The molecule has 0 aliphatic heterocycles. The number of ether oxygens (including phenoxy) is 2. The van der Waals surface area contributed by atoms with Crippen LogP contribution in [0.2, 0.25) is 0 Å². The molecule has 0 aliphatic carbocycles. The van der Waals surface area contributed by atoms with Crippen molar-refractivity contribution in [3.8, 4) is 5.75 Å². The van der Waals surface area contributed by atoms with Crippen molar-refractivity contribution >= 4 is 45.6 Å². The standard InChI is InChI=1S/C25H26N4O4S/c1-16(30)28-22-21-12-19(26-13-18-9-11-34-15-18)14-27-24(21)29(23(22)25(31)33-3)10-8-17-4-6-20(32-2)7-5-17/h4-7,9,11-12,14-15,26H,8,10,13H2,1-3H3,(H,28,30). The van der Waals surface area contributed by atoms with Crippen LogP contribution in [0.15, 0.2) is 53.4 Å². The maximum absolute atomic E-state index is 12.8. The second-order valence-electron chi connectivity index (χ2n) is 7.73. The van der Waals surface area contributed by atoms with Crippen LogP contribution in [0, 0.1) is 0 Å². The highest BCUT2D eigenvalue weighted by Gasteiger charge is 2.25. The first-order chi connectivity index (χ1) is 16.5. The van der Waals surface area contributed by atoms with Crippen LogP contribution in [0.5, 0.6) is 5.75 Å². The SMILES string of the molecule is COC(=O)c1c(NC(C)=O)c2cc(NCc3ccsc3)cnc2n1CCc1ccc(OC)cc1. The summed E-state index contributed by atoms with van der Waals surface area (Å²) in [5.74, 6) is -0.0391. The van der Waals surface area contributed by atoms with Crippen molar-refractivity contribution in [1.82, 2.24) is 9.55 Å². The highest BCUT2D eigenvalue weighted by atomic mass is 32.1. The summed E-state index contributed by atoms with van der Waals surface area (Å²) < 4.78 is 12.1. The Hall–Kier alpha value is -3.85. The van der Waals surface area contributed by atoms with Crippen molar-refractivity contribution in [3.63, 3.8) is 0 Å². The third kappa shape index (κ3) is 5.04. The fraction of sp³-hybridized carbons (Fsp3) is 0.240. The second-order valence-corrected chi connectivity index (χ2v) is 8.51. The molecule has 0 unspecified atom stereocenters. The van der Waals surface area contributed by atoms with Crippen LogP contribution in [0.3, 0.4) is 0 Å². The van der Waals surface area contributed by atoms with E-state index in [1.54, 1.807) is 29.2 Å². The molecule has 9 heteroatoms. The Morgan fingerprint density at radius 2 is 1.91 bits per heavy atom. The van der Waals surface area contributed by atoms with Gasteiger partial charge in [0, 0.05) is 25.4 Å². The van der Waals surface area contributed by atoms with Crippen molar-refractivity contribution in [2.75, 3.05) is 24.9 Å². The van der Waals surface area contributed by atoms with Crippen LogP contribution < -0.4 is 15.4 Å². The lowest BCUT2D eigenvalue weighted by atomic mass is 10.1. The summed E-state index contributed by atoms with van der Waals surface area (Å²) >= 11 is 1.64. The number of pyridine rings is 1. The first-order valence-corrected chi connectivity index (χ1v) is 11.7. The van der Waals surface area contributed by atoms with E-state index in [4.69, 9.17) is 9.47 Å². The van der Waals surface area contributed by atoms with Gasteiger partial charge >= 0.3 is 5.97 Å². The van der Waals surface area contributed by atoms with Gasteiger partial charge in [-0.15, -0.1) is 0 Å². The number of carbonyl (C=O) groups excluding carboxylic acids is 2. The van der Waals surface area contributed by atoms with Gasteiger partial charge in [-0.3, -0.25) is 4.79 Å². The lowest BCUT2D eigenvalue weighted by Gasteiger charge is -2.11. The monoisotopic (exact) mass is 478 g/mol. The molecule has 0 radical (unpaired) electrons. The summed E-state index contributed by atoms with van der Waals surface area (Å²) in [7, 11) is 2.95. The first kappa shape index (κ1) is 23.3. The molecule has 1 aromatic carbocycles. The van der Waals surface area contributed by atoms with E-state index in [0.29, 0.717) is 36.2 Å². The first-order valence-electron chi connectivity index (χ1n) is 10.8. The van der Waals surface area contributed by atoms with E-state index in [9.17, 15) is 9.59 Å². The molecule has 3 heterocycles. The molecule has 0 saturated heterocycles.